The van der Waals surface area contributed by atoms with Crippen LogP contribution in [0.25, 0.3) is 0 Å². The lowest BCUT2D eigenvalue weighted by molar-refractivity contribution is -0.140. The van der Waals surface area contributed by atoms with Crippen molar-refractivity contribution in [3.8, 4) is 5.75 Å². The summed E-state index contributed by atoms with van der Waals surface area (Å²) in [5.41, 5.74) is 1.79. The summed E-state index contributed by atoms with van der Waals surface area (Å²) in [6.45, 7) is -0.479. The van der Waals surface area contributed by atoms with Crippen molar-refractivity contribution < 1.29 is 22.7 Å². The Labute approximate surface area is 257 Å². The lowest BCUT2D eigenvalue weighted by Gasteiger charge is -2.34. The van der Waals surface area contributed by atoms with Crippen LogP contribution in [0.3, 0.4) is 0 Å². The molecule has 3 aromatic carbocycles. The Morgan fingerprint density at radius 1 is 0.952 bits per heavy atom. The van der Waals surface area contributed by atoms with Gasteiger partial charge in [-0.3, -0.25) is 13.9 Å². The molecule has 0 unspecified atom stereocenters. The molecular formula is C31H35Cl2N3O5S. The average Bonchev–Trinajstić information content (AvgIpc) is 3.48. The number of benzene rings is 3. The number of sulfonamides is 1. The van der Waals surface area contributed by atoms with Crippen LogP contribution in [-0.4, -0.2) is 57.1 Å². The highest BCUT2D eigenvalue weighted by Crippen LogP contribution is 2.29. The molecule has 0 saturated heterocycles. The van der Waals surface area contributed by atoms with Crippen LogP contribution in [0.5, 0.6) is 5.75 Å². The van der Waals surface area contributed by atoms with Gasteiger partial charge >= 0.3 is 0 Å². The van der Waals surface area contributed by atoms with Gasteiger partial charge in [0.05, 0.1) is 29.1 Å². The molecule has 1 fully saturated rings. The van der Waals surface area contributed by atoms with Gasteiger partial charge < -0.3 is 15.0 Å². The van der Waals surface area contributed by atoms with Crippen molar-refractivity contribution in [2.24, 2.45) is 0 Å². The zero-order valence-corrected chi connectivity index (χ0v) is 26.0. The van der Waals surface area contributed by atoms with Crippen LogP contribution >= 0.6 is 23.2 Å². The molecule has 2 amide bonds. The van der Waals surface area contributed by atoms with E-state index >= 15 is 0 Å². The molecule has 0 aromatic heterocycles. The number of ether oxygens (including phenoxy) is 1. The number of amides is 2. The van der Waals surface area contributed by atoms with Crippen LogP contribution < -0.4 is 14.4 Å². The zero-order valence-electron chi connectivity index (χ0n) is 23.6. The largest absolute Gasteiger partial charge is 0.497 e. The molecule has 42 heavy (non-hydrogen) atoms. The summed E-state index contributed by atoms with van der Waals surface area (Å²) >= 11 is 12.3. The van der Waals surface area contributed by atoms with E-state index in [4.69, 9.17) is 27.9 Å². The Balaban J connectivity index is 1.74. The van der Waals surface area contributed by atoms with E-state index in [0.29, 0.717) is 5.75 Å². The highest BCUT2D eigenvalue weighted by molar-refractivity contribution is 7.92. The highest BCUT2D eigenvalue weighted by Gasteiger charge is 2.34. The van der Waals surface area contributed by atoms with E-state index in [1.807, 2.05) is 36.4 Å². The summed E-state index contributed by atoms with van der Waals surface area (Å²) < 4.78 is 32.2. The number of carbonyl (C=O) groups is 2. The Hall–Kier alpha value is -3.27. The maximum atomic E-state index is 14.2. The summed E-state index contributed by atoms with van der Waals surface area (Å²) in [6.07, 6.45) is 5.10. The van der Waals surface area contributed by atoms with E-state index in [2.05, 4.69) is 5.32 Å². The van der Waals surface area contributed by atoms with Crippen molar-refractivity contribution in [2.75, 3.05) is 24.2 Å². The van der Waals surface area contributed by atoms with Gasteiger partial charge in [-0.15, -0.1) is 0 Å². The summed E-state index contributed by atoms with van der Waals surface area (Å²) in [6, 6.07) is 20.2. The number of hydrogen-bond donors (Lipinski definition) is 1. The molecule has 0 bridgehead atoms. The number of carbonyl (C=O) groups excluding carboxylic acids is 2. The van der Waals surface area contributed by atoms with Crippen LogP contribution in [0.1, 0.15) is 36.8 Å². The molecule has 1 atom stereocenters. The minimum absolute atomic E-state index is 0.0354. The third kappa shape index (κ3) is 8.40. The van der Waals surface area contributed by atoms with Gasteiger partial charge in [0.2, 0.25) is 21.8 Å². The summed E-state index contributed by atoms with van der Waals surface area (Å²) in [5.74, 6) is -0.220. The lowest BCUT2D eigenvalue weighted by atomic mass is 10.0. The van der Waals surface area contributed by atoms with E-state index in [0.717, 1.165) is 47.4 Å². The molecule has 0 heterocycles. The Kier molecular flexibility index (Phi) is 10.8. The second kappa shape index (κ2) is 14.3. The maximum absolute atomic E-state index is 14.2. The highest BCUT2D eigenvalue weighted by atomic mass is 35.5. The van der Waals surface area contributed by atoms with Gasteiger partial charge in [0.15, 0.2) is 0 Å². The van der Waals surface area contributed by atoms with Crippen LogP contribution in [0.2, 0.25) is 10.0 Å². The second-order valence-corrected chi connectivity index (χ2v) is 13.2. The first-order chi connectivity index (χ1) is 20.0. The summed E-state index contributed by atoms with van der Waals surface area (Å²) in [4.78, 5) is 29.6. The molecule has 3 aromatic rings. The number of anilines is 1. The van der Waals surface area contributed by atoms with Crippen LogP contribution in [-0.2, 0) is 32.6 Å². The number of methoxy groups -OCH3 is 1. The Morgan fingerprint density at radius 3 is 2.29 bits per heavy atom. The van der Waals surface area contributed by atoms with Gasteiger partial charge in [-0.2, -0.15) is 0 Å². The third-order valence-electron chi connectivity index (χ3n) is 7.33. The number of hydrogen-bond acceptors (Lipinski definition) is 5. The van der Waals surface area contributed by atoms with E-state index in [1.54, 1.807) is 25.3 Å². The van der Waals surface area contributed by atoms with Crippen LogP contribution in [0, 0.1) is 0 Å². The molecule has 0 radical (unpaired) electrons. The summed E-state index contributed by atoms with van der Waals surface area (Å²) in [5, 5.41) is 3.56. The van der Waals surface area contributed by atoms with Gasteiger partial charge in [-0.1, -0.05) is 78.5 Å². The SMILES string of the molecule is COc1cccc(CN(C(=O)CN(c2ccc(Cl)c(Cl)c2)S(C)(=O)=O)[C@@H](Cc2ccccc2)C(=O)NC2CCCC2)c1. The molecule has 1 aliphatic carbocycles. The molecular weight excluding hydrogens is 597 g/mol. The molecule has 11 heteroatoms. The fourth-order valence-electron chi connectivity index (χ4n) is 5.14. The molecule has 1 aliphatic rings. The van der Waals surface area contributed by atoms with Gasteiger partial charge in [-0.05, 0) is 54.3 Å². The van der Waals surface area contributed by atoms with Crippen molar-refractivity contribution in [1.82, 2.24) is 10.2 Å². The monoisotopic (exact) mass is 631 g/mol. The summed E-state index contributed by atoms with van der Waals surface area (Å²) in [7, 11) is -2.37. The topological polar surface area (TPSA) is 96.0 Å². The number of nitrogens with one attached hydrogen (secondary N) is 1. The van der Waals surface area contributed by atoms with E-state index < -0.39 is 28.5 Å². The van der Waals surface area contributed by atoms with Crippen molar-refractivity contribution in [1.29, 1.82) is 0 Å². The number of halogens is 2. The first kappa shape index (κ1) is 31.7. The number of rotatable bonds is 12. The fraction of sp³-hybridized carbons (Fsp3) is 0.355. The second-order valence-electron chi connectivity index (χ2n) is 10.4. The van der Waals surface area contributed by atoms with Crippen LogP contribution in [0.15, 0.2) is 72.8 Å². The van der Waals surface area contributed by atoms with E-state index in [9.17, 15) is 18.0 Å². The minimum Gasteiger partial charge on any atom is -0.497 e. The third-order valence-corrected chi connectivity index (χ3v) is 9.21. The molecule has 8 nitrogen and oxygen atoms in total. The van der Waals surface area contributed by atoms with E-state index in [1.165, 1.54) is 23.1 Å². The standard InChI is InChI=1S/C31H35Cl2N3O5S/c1-41-26-14-8-11-23(17-26)20-35(30(37)21-36(42(2,39)40)25-15-16-27(32)28(33)19-25)29(18-22-9-4-3-5-10-22)31(38)34-24-12-6-7-13-24/h3-5,8-11,14-17,19,24,29H,6-7,12-13,18,20-21H2,1-2H3,(H,34,38)/t29-/m0/s1. The van der Waals surface area contributed by atoms with Gasteiger partial charge in [-0.25, -0.2) is 8.42 Å². The smallest absolute Gasteiger partial charge is 0.244 e. The Bertz CT molecular complexity index is 1500. The molecule has 1 saturated carbocycles. The molecule has 0 aliphatic heterocycles. The van der Waals surface area contributed by atoms with Gasteiger partial charge in [0, 0.05) is 19.0 Å². The van der Waals surface area contributed by atoms with E-state index in [-0.39, 0.29) is 40.6 Å². The van der Waals surface area contributed by atoms with Crippen LogP contribution in [0.4, 0.5) is 5.69 Å². The van der Waals surface area contributed by atoms with Gasteiger partial charge in [0.1, 0.15) is 18.3 Å². The lowest BCUT2D eigenvalue weighted by Crippen LogP contribution is -2.54. The maximum Gasteiger partial charge on any atom is 0.244 e. The first-order valence-electron chi connectivity index (χ1n) is 13.7. The first-order valence-corrected chi connectivity index (χ1v) is 16.3. The zero-order chi connectivity index (χ0) is 30.3. The van der Waals surface area contributed by atoms with Crippen molar-refractivity contribution >= 4 is 50.7 Å². The molecule has 1 N–H and O–H groups in total. The number of nitrogens with zero attached hydrogens (tertiary/aromatic N) is 2. The molecule has 224 valence electrons. The van der Waals surface area contributed by atoms with Gasteiger partial charge in [0.25, 0.3) is 0 Å². The van der Waals surface area contributed by atoms with Crippen molar-refractivity contribution in [2.45, 2.75) is 50.7 Å². The predicted octanol–water partition coefficient (Wildman–Crippen LogP) is 5.47. The molecule has 4 rings (SSSR count). The quantitative estimate of drug-likeness (QED) is 0.286. The Morgan fingerprint density at radius 2 is 1.64 bits per heavy atom. The normalized spacial score (nSPS) is 14.3. The fourth-order valence-corrected chi connectivity index (χ4v) is 6.28. The van der Waals surface area contributed by atoms with Crippen molar-refractivity contribution in [3.63, 3.8) is 0 Å². The predicted molar refractivity (Wildman–Crippen MR) is 167 cm³/mol. The average molecular weight is 633 g/mol. The minimum atomic E-state index is -3.92. The van der Waals surface area contributed by atoms with Crippen molar-refractivity contribution in [3.05, 3.63) is 94.0 Å². The molecule has 0 spiro atoms.